The van der Waals surface area contributed by atoms with Gasteiger partial charge < -0.3 is 10.0 Å². The molecule has 0 saturated carbocycles. The zero-order valence-corrected chi connectivity index (χ0v) is 14.2. The number of carbonyl (C=O) groups excluding carboxylic acids is 1. The molecular formula is C16H19N3O3S. The van der Waals surface area contributed by atoms with Crippen LogP contribution in [0.4, 0.5) is 0 Å². The third-order valence-corrected chi connectivity index (χ3v) is 5.29. The Labute approximate surface area is 138 Å². The van der Waals surface area contributed by atoms with Gasteiger partial charge in [0.05, 0.1) is 17.9 Å². The van der Waals surface area contributed by atoms with E-state index in [9.17, 15) is 14.7 Å². The van der Waals surface area contributed by atoms with Crippen molar-refractivity contribution >= 4 is 28.2 Å². The number of imidazole rings is 1. The number of carbonyl (C=O) groups is 2. The molecule has 23 heavy (non-hydrogen) atoms. The summed E-state index contributed by atoms with van der Waals surface area (Å²) in [6.07, 6.45) is 6.04. The number of allylic oxidation sites excluding steroid dienone is 2. The maximum atomic E-state index is 12.8. The molecule has 122 valence electrons. The number of hydrogen-bond donors (Lipinski definition) is 1. The van der Waals surface area contributed by atoms with E-state index in [1.54, 1.807) is 30.5 Å². The average molecular weight is 333 g/mol. The Morgan fingerprint density at radius 3 is 2.65 bits per heavy atom. The lowest BCUT2D eigenvalue weighted by Crippen LogP contribution is -2.45. The van der Waals surface area contributed by atoms with E-state index in [1.807, 2.05) is 24.4 Å². The van der Waals surface area contributed by atoms with Gasteiger partial charge in [0.15, 0.2) is 10.4 Å². The minimum absolute atomic E-state index is 0.254. The normalized spacial score (nSPS) is 16.1. The van der Waals surface area contributed by atoms with Crippen LogP contribution in [-0.2, 0) is 16.1 Å². The molecule has 3 rings (SSSR count). The molecule has 0 unspecified atom stereocenters. The van der Waals surface area contributed by atoms with Gasteiger partial charge in [-0.2, -0.15) is 0 Å². The van der Waals surface area contributed by atoms with Gasteiger partial charge in [0.25, 0.3) is 0 Å². The Balaban J connectivity index is 1.88. The van der Waals surface area contributed by atoms with E-state index in [2.05, 4.69) is 4.98 Å². The third-order valence-electron chi connectivity index (χ3n) is 4.39. The van der Waals surface area contributed by atoms with Gasteiger partial charge in [-0.1, -0.05) is 12.2 Å². The van der Waals surface area contributed by atoms with Crippen molar-refractivity contribution in [3.05, 3.63) is 34.6 Å². The molecule has 1 aliphatic rings. The van der Waals surface area contributed by atoms with Crippen molar-refractivity contribution in [1.82, 2.24) is 14.3 Å². The number of aryl methyl sites for hydroxylation is 2. The van der Waals surface area contributed by atoms with E-state index in [1.165, 1.54) is 4.90 Å². The molecule has 6 nitrogen and oxygen atoms in total. The summed E-state index contributed by atoms with van der Waals surface area (Å²) in [6, 6.07) is 0. The number of rotatable bonds is 4. The van der Waals surface area contributed by atoms with Gasteiger partial charge in [0.1, 0.15) is 0 Å². The van der Waals surface area contributed by atoms with Crippen molar-refractivity contribution in [3.63, 3.8) is 0 Å². The van der Waals surface area contributed by atoms with E-state index >= 15 is 0 Å². The van der Waals surface area contributed by atoms with Crippen molar-refractivity contribution < 1.29 is 14.7 Å². The van der Waals surface area contributed by atoms with E-state index in [0.717, 1.165) is 21.2 Å². The number of carboxylic acid groups (broad SMARTS) is 1. The van der Waals surface area contributed by atoms with Gasteiger partial charge in [-0.25, -0.2) is 4.98 Å². The summed E-state index contributed by atoms with van der Waals surface area (Å²) in [5, 5.41) is 9.54. The molecule has 0 saturated heterocycles. The average Bonchev–Trinajstić information content (AvgIpc) is 3.16. The highest BCUT2D eigenvalue weighted by atomic mass is 32.1. The lowest BCUT2D eigenvalue weighted by Gasteiger charge is -2.28. The lowest BCUT2D eigenvalue weighted by molar-refractivity contribution is -0.159. The van der Waals surface area contributed by atoms with Crippen molar-refractivity contribution in [3.8, 4) is 0 Å². The molecule has 0 fully saturated rings. The van der Waals surface area contributed by atoms with Gasteiger partial charge in [-0.05, 0) is 26.7 Å². The van der Waals surface area contributed by atoms with Gasteiger partial charge in [0.2, 0.25) is 5.91 Å². The highest BCUT2D eigenvalue weighted by Crippen LogP contribution is 2.36. The smallest absolute Gasteiger partial charge is 0.319 e. The number of nitrogens with zero attached hydrogens (tertiary/aromatic N) is 3. The summed E-state index contributed by atoms with van der Waals surface area (Å²) < 4.78 is 1.99. The molecule has 0 aromatic carbocycles. The van der Waals surface area contributed by atoms with Crippen LogP contribution in [0.25, 0.3) is 4.96 Å². The Bertz CT molecular complexity index is 810. The maximum absolute atomic E-state index is 12.8. The van der Waals surface area contributed by atoms with Crippen LogP contribution in [-0.4, -0.2) is 38.3 Å². The van der Waals surface area contributed by atoms with Crippen LogP contribution in [0.5, 0.6) is 0 Å². The Kier molecular flexibility index (Phi) is 3.75. The first-order chi connectivity index (χ1) is 10.8. The molecular weight excluding hydrogens is 314 g/mol. The van der Waals surface area contributed by atoms with Gasteiger partial charge in [-0.15, -0.1) is 11.3 Å². The molecule has 2 aromatic rings. The van der Waals surface area contributed by atoms with Crippen LogP contribution in [0.3, 0.4) is 0 Å². The molecule has 1 aliphatic carbocycles. The first kappa shape index (κ1) is 15.7. The highest BCUT2D eigenvalue weighted by molar-refractivity contribution is 7.17. The summed E-state index contributed by atoms with van der Waals surface area (Å²) in [5.41, 5.74) is 0.438. The fourth-order valence-electron chi connectivity index (χ4n) is 3.05. The van der Waals surface area contributed by atoms with Gasteiger partial charge in [0, 0.05) is 18.1 Å². The van der Waals surface area contributed by atoms with E-state index in [-0.39, 0.29) is 18.7 Å². The zero-order chi connectivity index (χ0) is 16.8. The van der Waals surface area contributed by atoms with Crippen molar-refractivity contribution in [2.24, 2.45) is 5.41 Å². The standard InChI is InChI=1S/C16H19N3O3S/c1-10-8-19-12(11(2)17-15(19)23-10)9-18(3)13(20)16(14(21)22)6-4-5-7-16/h4-5,8H,6-7,9H2,1-3H3,(H,21,22). The van der Waals surface area contributed by atoms with Crippen molar-refractivity contribution in [1.29, 1.82) is 0 Å². The predicted molar refractivity (Wildman–Crippen MR) is 87.5 cm³/mol. The largest absolute Gasteiger partial charge is 0.480 e. The maximum Gasteiger partial charge on any atom is 0.319 e. The number of thiazole rings is 1. The van der Waals surface area contributed by atoms with E-state index in [4.69, 9.17) is 0 Å². The summed E-state index contributed by atoms with van der Waals surface area (Å²) in [6.45, 7) is 4.26. The number of fused-ring (bicyclic) bond motifs is 1. The molecule has 2 aromatic heterocycles. The van der Waals surface area contributed by atoms with Gasteiger partial charge >= 0.3 is 5.97 Å². The second kappa shape index (κ2) is 5.49. The van der Waals surface area contributed by atoms with Crippen molar-refractivity contribution in [2.75, 3.05) is 7.05 Å². The van der Waals surface area contributed by atoms with Crippen LogP contribution in [0.2, 0.25) is 0 Å². The molecule has 0 bridgehead atoms. The summed E-state index contributed by atoms with van der Waals surface area (Å²) in [4.78, 5) is 32.5. The number of carboxylic acids is 1. The summed E-state index contributed by atoms with van der Waals surface area (Å²) in [5.74, 6) is -1.41. The first-order valence-corrected chi connectivity index (χ1v) is 8.25. The summed E-state index contributed by atoms with van der Waals surface area (Å²) >= 11 is 1.60. The van der Waals surface area contributed by atoms with Crippen LogP contribution >= 0.6 is 11.3 Å². The van der Waals surface area contributed by atoms with Crippen LogP contribution in [0.15, 0.2) is 18.3 Å². The fourth-order valence-corrected chi connectivity index (χ4v) is 3.94. The fraction of sp³-hybridized carbons (Fsp3) is 0.438. The monoisotopic (exact) mass is 333 g/mol. The molecule has 0 spiro atoms. The Morgan fingerprint density at radius 2 is 2.04 bits per heavy atom. The van der Waals surface area contributed by atoms with Crippen LogP contribution in [0.1, 0.15) is 29.1 Å². The van der Waals surface area contributed by atoms with Crippen LogP contribution < -0.4 is 0 Å². The summed E-state index contributed by atoms with van der Waals surface area (Å²) in [7, 11) is 1.66. The lowest BCUT2D eigenvalue weighted by atomic mass is 9.84. The molecule has 1 N–H and O–H groups in total. The number of aromatic nitrogens is 2. The topological polar surface area (TPSA) is 74.9 Å². The third kappa shape index (κ3) is 2.45. The minimum atomic E-state index is -1.35. The minimum Gasteiger partial charge on any atom is -0.480 e. The van der Waals surface area contributed by atoms with Crippen LogP contribution in [0, 0.1) is 19.3 Å². The number of hydrogen-bond acceptors (Lipinski definition) is 4. The Hall–Kier alpha value is -2.15. The Morgan fingerprint density at radius 1 is 1.39 bits per heavy atom. The molecule has 1 amide bonds. The molecule has 2 heterocycles. The first-order valence-electron chi connectivity index (χ1n) is 7.43. The van der Waals surface area contributed by atoms with Gasteiger partial charge in [-0.3, -0.25) is 14.0 Å². The molecule has 7 heteroatoms. The molecule has 0 aliphatic heterocycles. The molecule has 0 radical (unpaired) electrons. The van der Waals surface area contributed by atoms with E-state index < -0.39 is 11.4 Å². The number of aliphatic carboxylic acids is 1. The zero-order valence-electron chi connectivity index (χ0n) is 13.4. The number of amides is 1. The second-order valence-electron chi connectivity index (χ2n) is 6.07. The molecule has 0 atom stereocenters. The highest BCUT2D eigenvalue weighted by Gasteiger charge is 2.48. The SMILES string of the molecule is Cc1cn2c(CN(C)C(=O)C3(C(=O)O)CC=CC3)c(C)nc2s1. The van der Waals surface area contributed by atoms with E-state index in [0.29, 0.717) is 6.54 Å². The van der Waals surface area contributed by atoms with Crippen molar-refractivity contribution in [2.45, 2.75) is 33.2 Å². The predicted octanol–water partition coefficient (Wildman–Crippen LogP) is 2.39. The second-order valence-corrected chi connectivity index (χ2v) is 7.28. The quantitative estimate of drug-likeness (QED) is 0.688.